The van der Waals surface area contributed by atoms with Crippen molar-refractivity contribution in [1.82, 2.24) is 10.2 Å². The number of benzene rings is 1. The SMILES string of the molecule is O=C(Nc1ccc(Cl)c(Cl)c1)C1CCN(C(=O)NC2CC2)CC1. The van der Waals surface area contributed by atoms with E-state index < -0.39 is 0 Å². The molecule has 0 bridgehead atoms. The summed E-state index contributed by atoms with van der Waals surface area (Å²) in [5.74, 6) is -0.125. The fourth-order valence-corrected chi connectivity index (χ4v) is 2.95. The monoisotopic (exact) mass is 355 g/mol. The quantitative estimate of drug-likeness (QED) is 0.871. The Labute approximate surface area is 145 Å². The molecular weight excluding hydrogens is 337 g/mol. The number of nitrogens with zero attached hydrogens (tertiary/aromatic N) is 1. The van der Waals surface area contributed by atoms with E-state index in [1.54, 1.807) is 23.1 Å². The Balaban J connectivity index is 1.49. The Morgan fingerprint density at radius 1 is 1.04 bits per heavy atom. The van der Waals surface area contributed by atoms with Crippen molar-refractivity contribution >= 4 is 40.8 Å². The minimum Gasteiger partial charge on any atom is -0.335 e. The second-order valence-corrected chi connectivity index (χ2v) is 6.92. The molecule has 0 radical (unpaired) electrons. The van der Waals surface area contributed by atoms with Crippen LogP contribution < -0.4 is 10.6 Å². The fourth-order valence-electron chi connectivity index (χ4n) is 2.66. The van der Waals surface area contributed by atoms with Gasteiger partial charge in [0.15, 0.2) is 0 Å². The summed E-state index contributed by atoms with van der Waals surface area (Å²) in [6.45, 7) is 1.22. The second-order valence-electron chi connectivity index (χ2n) is 6.10. The maximum Gasteiger partial charge on any atom is 0.317 e. The number of anilines is 1. The molecule has 2 N–H and O–H groups in total. The second kappa shape index (κ2) is 6.97. The maximum absolute atomic E-state index is 12.3. The number of hydrogen-bond donors (Lipinski definition) is 2. The molecule has 1 saturated heterocycles. The van der Waals surface area contributed by atoms with Gasteiger partial charge in [0, 0.05) is 30.7 Å². The largest absolute Gasteiger partial charge is 0.335 e. The number of likely N-dealkylation sites (tertiary alicyclic amines) is 1. The third-order valence-corrected chi connectivity index (χ3v) is 4.98. The lowest BCUT2D eigenvalue weighted by atomic mass is 9.96. The van der Waals surface area contributed by atoms with Gasteiger partial charge < -0.3 is 15.5 Å². The molecule has 5 nitrogen and oxygen atoms in total. The van der Waals surface area contributed by atoms with Crippen molar-refractivity contribution < 1.29 is 9.59 Å². The van der Waals surface area contributed by atoms with Crippen molar-refractivity contribution in [3.05, 3.63) is 28.2 Å². The molecule has 0 unspecified atom stereocenters. The van der Waals surface area contributed by atoms with Crippen molar-refractivity contribution in [2.75, 3.05) is 18.4 Å². The molecule has 23 heavy (non-hydrogen) atoms. The smallest absolute Gasteiger partial charge is 0.317 e. The summed E-state index contributed by atoms with van der Waals surface area (Å²) in [6.07, 6.45) is 3.50. The average Bonchev–Trinajstić information content (AvgIpc) is 3.35. The fraction of sp³-hybridized carbons (Fsp3) is 0.500. The summed E-state index contributed by atoms with van der Waals surface area (Å²) in [6, 6.07) is 5.38. The van der Waals surface area contributed by atoms with E-state index in [2.05, 4.69) is 10.6 Å². The van der Waals surface area contributed by atoms with E-state index in [9.17, 15) is 9.59 Å². The van der Waals surface area contributed by atoms with E-state index in [-0.39, 0.29) is 17.9 Å². The number of rotatable bonds is 3. The minimum absolute atomic E-state index is 0.00385. The zero-order chi connectivity index (χ0) is 16.4. The molecule has 0 aromatic heterocycles. The number of halogens is 2. The Kier molecular flexibility index (Phi) is 4.97. The van der Waals surface area contributed by atoms with Gasteiger partial charge in [0.25, 0.3) is 0 Å². The van der Waals surface area contributed by atoms with E-state index in [0.29, 0.717) is 47.7 Å². The number of hydrogen-bond acceptors (Lipinski definition) is 2. The van der Waals surface area contributed by atoms with Gasteiger partial charge in [-0.15, -0.1) is 0 Å². The Bertz CT molecular complexity index is 611. The molecule has 1 aromatic rings. The summed E-state index contributed by atoms with van der Waals surface area (Å²) in [4.78, 5) is 26.1. The normalized spacial score (nSPS) is 18.6. The highest BCUT2D eigenvalue weighted by Crippen LogP contribution is 2.26. The van der Waals surface area contributed by atoms with Gasteiger partial charge in [-0.1, -0.05) is 23.2 Å². The van der Waals surface area contributed by atoms with Crippen LogP contribution in [-0.2, 0) is 4.79 Å². The van der Waals surface area contributed by atoms with Gasteiger partial charge in [0.2, 0.25) is 5.91 Å². The summed E-state index contributed by atoms with van der Waals surface area (Å²) in [7, 11) is 0. The van der Waals surface area contributed by atoms with E-state index in [1.807, 2.05) is 0 Å². The predicted octanol–water partition coefficient (Wildman–Crippen LogP) is 3.52. The van der Waals surface area contributed by atoms with E-state index in [4.69, 9.17) is 23.2 Å². The van der Waals surface area contributed by atoms with Crippen LogP contribution in [0.4, 0.5) is 10.5 Å². The van der Waals surface area contributed by atoms with Crippen LogP contribution in [0.15, 0.2) is 18.2 Å². The van der Waals surface area contributed by atoms with Crippen LogP contribution in [0.5, 0.6) is 0 Å². The van der Waals surface area contributed by atoms with Crippen molar-refractivity contribution in [2.24, 2.45) is 5.92 Å². The topological polar surface area (TPSA) is 61.4 Å². The highest BCUT2D eigenvalue weighted by atomic mass is 35.5. The Hall–Kier alpha value is -1.46. The molecular formula is C16H19Cl2N3O2. The predicted molar refractivity (Wildman–Crippen MR) is 90.9 cm³/mol. The van der Waals surface area contributed by atoms with Crippen LogP contribution in [-0.4, -0.2) is 36.0 Å². The highest BCUT2D eigenvalue weighted by Gasteiger charge is 2.30. The highest BCUT2D eigenvalue weighted by molar-refractivity contribution is 6.42. The van der Waals surface area contributed by atoms with Crippen molar-refractivity contribution in [3.63, 3.8) is 0 Å². The third-order valence-electron chi connectivity index (χ3n) is 4.25. The Morgan fingerprint density at radius 3 is 2.35 bits per heavy atom. The number of amides is 3. The molecule has 3 rings (SSSR count). The summed E-state index contributed by atoms with van der Waals surface area (Å²) in [5.41, 5.74) is 0.637. The maximum atomic E-state index is 12.3. The Morgan fingerprint density at radius 2 is 1.74 bits per heavy atom. The third kappa shape index (κ3) is 4.30. The first kappa shape index (κ1) is 16.4. The first-order valence-electron chi connectivity index (χ1n) is 7.84. The average molecular weight is 356 g/mol. The lowest BCUT2D eigenvalue weighted by Crippen LogP contribution is -2.46. The molecule has 1 aliphatic heterocycles. The lowest BCUT2D eigenvalue weighted by molar-refractivity contribution is -0.121. The molecule has 2 fully saturated rings. The van der Waals surface area contributed by atoms with Crippen LogP contribution in [0.2, 0.25) is 10.0 Å². The molecule has 0 spiro atoms. The van der Waals surface area contributed by atoms with Crippen LogP contribution >= 0.6 is 23.2 Å². The molecule has 124 valence electrons. The van der Waals surface area contributed by atoms with Crippen LogP contribution in [0.3, 0.4) is 0 Å². The van der Waals surface area contributed by atoms with Crippen LogP contribution in [0, 0.1) is 5.92 Å². The number of piperidine rings is 1. The standard InChI is InChI=1S/C16H19Cl2N3O2/c17-13-4-3-12(9-14(13)18)19-15(22)10-5-7-21(8-6-10)16(23)20-11-1-2-11/h3-4,9-11H,1-2,5-8H2,(H,19,22)(H,20,23). The first-order valence-corrected chi connectivity index (χ1v) is 8.60. The molecule has 3 amide bonds. The van der Waals surface area contributed by atoms with Crippen LogP contribution in [0.25, 0.3) is 0 Å². The number of urea groups is 1. The molecule has 1 aliphatic carbocycles. The molecule has 1 saturated carbocycles. The van der Waals surface area contributed by atoms with Crippen LogP contribution in [0.1, 0.15) is 25.7 Å². The number of carbonyl (C=O) groups excluding carboxylic acids is 2. The number of nitrogens with one attached hydrogen (secondary N) is 2. The van der Waals surface area contributed by atoms with Gasteiger partial charge in [-0.25, -0.2) is 4.79 Å². The van der Waals surface area contributed by atoms with Gasteiger partial charge in [0.05, 0.1) is 10.0 Å². The molecule has 1 heterocycles. The van der Waals surface area contributed by atoms with Crippen molar-refractivity contribution in [3.8, 4) is 0 Å². The van der Waals surface area contributed by atoms with Gasteiger partial charge in [-0.05, 0) is 43.9 Å². The number of carbonyl (C=O) groups is 2. The van der Waals surface area contributed by atoms with Gasteiger partial charge >= 0.3 is 6.03 Å². The van der Waals surface area contributed by atoms with E-state index >= 15 is 0 Å². The van der Waals surface area contributed by atoms with Gasteiger partial charge in [-0.2, -0.15) is 0 Å². The lowest BCUT2D eigenvalue weighted by Gasteiger charge is -2.31. The van der Waals surface area contributed by atoms with Crippen molar-refractivity contribution in [2.45, 2.75) is 31.7 Å². The minimum atomic E-state index is -0.0885. The van der Waals surface area contributed by atoms with E-state index in [1.165, 1.54) is 0 Å². The zero-order valence-electron chi connectivity index (χ0n) is 12.6. The molecule has 2 aliphatic rings. The van der Waals surface area contributed by atoms with Gasteiger partial charge in [0.1, 0.15) is 0 Å². The zero-order valence-corrected chi connectivity index (χ0v) is 14.2. The summed E-state index contributed by atoms with van der Waals surface area (Å²) >= 11 is 11.8. The molecule has 1 aromatic carbocycles. The van der Waals surface area contributed by atoms with Crippen molar-refractivity contribution in [1.29, 1.82) is 0 Å². The van der Waals surface area contributed by atoms with Gasteiger partial charge in [-0.3, -0.25) is 4.79 Å². The first-order chi connectivity index (χ1) is 11.0. The summed E-state index contributed by atoms with van der Waals surface area (Å²) < 4.78 is 0. The molecule has 7 heteroatoms. The molecule has 0 atom stereocenters. The summed E-state index contributed by atoms with van der Waals surface area (Å²) in [5, 5.41) is 6.71. The van der Waals surface area contributed by atoms with E-state index in [0.717, 1.165) is 12.8 Å².